The minimum Gasteiger partial charge on any atom is -0.508 e. The number of phenolic OH excluding ortho intramolecular Hbond substituents is 1. The summed E-state index contributed by atoms with van der Waals surface area (Å²) < 4.78 is 5.53. The Morgan fingerprint density at radius 1 is 0.917 bits per heavy atom. The highest BCUT2D eigenvalue weighted by Crippen LogP contribution is 2.38. The van der Waals surface area contributed by atoms with E-state index in [0.29, 0.717) is 11.7 Å². The average Bonchev–Trinajstić information content (AvgIpc) is 2.63. The zero-order valence-corrected chi connectivity index (χ0v) is 14.3. The minimum absolute atomic E-state index is 0.313. The Hall–Kier alpha value is -2.48. The van der Waals surface area contributed by atoms with Crippen molar-refractivity contribution in [3.8, 4) is 11.5 Å². The number of hydrogen-bond acceptors (Lipinski definition) is 2. The van der Waals surface area contributed by atoms with Gasteiger partial charge >= 0.3 is 0 Å². The number of methoxy groups -OCH3 is 1. The highest BCUT2D eigenvalue weighted by Gasteiger charge is 2.17. The molecule has 0 amide bonds. The molecule has 0 aliphatic carbocycles. The second-order valence-electron chi connectivity index (χ2n) is 6.19. The molecule has 3 aromatic rings. The van der Waals surface area contributed by atoms with E-state index < -0.39 is 0 Å². The van der Waals surface area contributed by atoms with Crippen molar-refractivity contribution in [1.29, 1.82) is 0 Å². The van der Waals surface area contributed by atoms with Gasteiger partial charge in [-0.2, -0.15) is 0 Å². The van der Waals surface area contributed by atoms with E-state index >= 15 is 0 Å². The summed E-state index contributed by atoms with van der Waals surface area (Å²) in [5, 5.41) is 12.0. The largest absolute Gasteiger partial charge is 0.508 e. The van der Waals surface area contributed by atoms with Crippen LogP contribution in [-0.4, -0.2) is 12.2 Å². The molecule has 2 nitrogen and oxygen atoms in total. The second-order valence-corrected chi connectivity index (χ2v) is 6.19. The summed E-state index contributed by atoms with van der Waals surface area (Å²) in [4.78, 5) is 0. The molecule has 0 heterocycles. The van der Waals surface area contributed by atoms with Crippen LogP contribution < -0.4 is 4.74 Å². The van der Waals surface area contributed by atoms with E-state index in [9.17, 15) is 5.11 Å². The molecule has 0 bridgehead atoms. The van der Waals surface area contributed by atoms with Gasteiger partial charge in [0.05, 0.1) is 7.11 Å². The molecule has 2 heteroatoms. The van der Waals surface area contributed by atoms with Crippen LogP contribution in [0.5, 0.6) is 11.5 Å². The van der Waals surface area contributed by atoms with Gasteiger partial charge in [0.2, 0.25) is 0 Å². The number of hydrogen-bond donors (Lipinski definition) is 1. The lowest BCUT2D eigenvalue weighted by molar-refractivity contribution is 0.419. The molecule has 1 unspecified atom stereocenters. The van der Waals surface area contributed by atoms with Crippen LogP contribution in [0.3, 0.4) is 0 Å². The van der Waals surface area contributed by atoms with E-state index in [1.165, 1.54) is 29.4 Å². The predicted molar refractivity (Wildman–Crippen MR) is 100.0 cm³/mol. The van der Waals surface area contributed by atoms with Gasteiger partial charge in [-0.05, 0) is 41.1 Å². The third-order valence-electron chi connectivity index (χ3n) is 4.65. The van der Waals surface area contributed by atoms with Gasteiger partial charge in [0.15, 0.2) is 0 Å². The summed E-state index contributed by atoms with van der Waals surface area (Å²) in [6.07, 6.45) is 3.44. The Bertz CT molecular complexity index is 806. The zero-order chi connectivity index (χ0) is 16.9. The van der Waals surface area contributed by atoms with Crippen LogP contribution in [0.1, 0.15) is 43.2 Å². The molecule has 0 aliphatic rings. The Kier molecular flexibility index (Phi) is 5.05. The summed E-state index contributed by atoms with van der Waals surface area (Å²) in [6.45, 7) is 2.22. The molecule has 0 spiro atoms. The number of aromatic hydroxyl groups is 1. The van der Waals surface area contributed by atoms with Gasteiger partial charge in [0, 0.05) is 11.3 Å². The number of rotatable bonds is 6. The molecule has 1 N–H and O–H groups in total. The van der Waals surface area contributed by atoms with Crippen molar-refractivity contribution in [2.75, 3.05) is 7.11 Å². The lowest BCUT2D eigenvalue weighted by Gasteiger charge is -2.21. The molecule has 0 aromatic heterocycles. The number of benzene rings is 3. The third-order valence-corrected chi connectivity index (χ3v) is 4.65. The Morgan fingerprint density at radius 2 is 1.62 bits per heavy atom. The van der Waals surface area contributed by atoms with Crippen molar-refractivity contribution < 1.29 is 9.84 Å². The Labute approximate surface area is 143 Å². The zero-order valence-electron chi connectivity index (χ0n) is 14.3. The van der Waals surface area contributed by atoms with Crippen LogP contribution >= 0.6 is 0 Å². The fourth-order valence-electron chi connectivity index (χ4n) is 3.39. The predicted octanol–water partition coefficient (Wildman–Crippen LogP) is 5.88. The highest BCUT2D eigenvalue weighted by molar-refractivity contribution is 5.91. The van der Waals surface area contributed by atoms with E-state index in [-0.39, 0.29) is 0 Å². The number of unbranched alkanes of at least 4 members (excludes halogenated alkanes) is 1. The maximum atomic E-state index is 9.61. The number of fused-ring (bicyclic) bond motifs is 1. The molecule has 0 saturated carbocycles. The van der Waals surface area contributed by atoms with Crippen LogP contribution in [0.25, 0.3) is 10.8 Å². The molecule has 0 aliphatic heterocycles. The first-order valence-corrected chi connectivity index (χ1v) is 8.59. The van der Waals surface area contributed by atoms with E-state index in [1.54, 1.807) is 19.2 Å². The molecule has 124 valence electrons. The average molecular weight is 320 g/mol. The van der Waals surface area contributed by atoms with Gasteiger partial charge in [-0.1, -0.05) is 62.2 Å². The first kappa shape index (κ1) is 16.4. The smallest absolute Gasteiger partial charge is 0.126 e. The number of ether oxygens (including phenoxy) is 1. The molecule has 1 atom stereocenters. The van der Waals surface area contributed by atoms with E-state index in [0.717, 1.165) is 17.6 Å². The summed E-state index contributed by atoms with van der Waals surface area (Å²) in [7, 11) is 1.72. The lowest BCUT2D eigenvalue weighted by Crippen LogP contribution is -2.03. The van der Waals surface area contributed by atoms with Crippen LogP contribution in [0.4, 0.5) is 0 Å². The fourth-order valence-corrected chi connectivity index (χ4v) is 3.39. The van der Waals surface area contributed by atoms with E-state index in [4.69, 9.17) is 4.74 Å². The monoisotopic (exact) mass is 320 g/mol. The van der Waals surface area contributed by atoms with Gasteiger partial charge in [-0.15, -0.1) is 0 Å². The molecule has 3 aromatic carbocycles. The van der Waals surface area contributed by atoms with Gasteiger partial charge in [0.1, 0.15) is 11.5 Å². The van der Waals surface area contributed by atoms with Crippen molar-refractivity contribution in [3.63, 3.8) is 0 Å². The van der Waals surface area contributed by atoms with Gasteiger partial charge in [-0.25, -0.2) is 0 Å². The summed E-state index contributed by atoms with van der Waals surface area (Å²) in [5.41, 5.74) is 2.57. The third kappa shape index (κ3) is 3.23. The lowest BCUT2D eigenvalue weighted by atomic mass is 9.84. The second kappa shape index (κ2) is 7.39. The summed E-state index contributed by atoms with van der Waals surface area (Å²) in [5.74, 6) is 1.54. The van der Waals surface area contributed by atoms with E-state index in [1.807, 2.05) is 12.1 Å². The Morgan fingerprint density at radius 3 is 2.29 bits per heavy atom. The quantitative estimate of drug-likeness (QED) is 0.615. The van der Waals surface area contributed by atoms with Crippen LogP contribution in [-0.2, 0) is 0 Å². The Balaban J connectivity index is 2.14. The van der Waals surface area contributed by atoms with Crippen molar-refractivity contribution in [3.05, 3.63) is 71.8 Å². The first-order valence-electron chi connectivity index (χ1n) is 8.59. The summed E-state index contributed by atoms with van der Waals surface area (Å²) in [6, 6.07) is 20.3. The minimum atomic E-state index is 0.313. The van der Waals surface area contributed by atoms with Crippen molar-refractivity contribution in [2.45, 2.75) is 32.1 Å². The van der Waals surface area contributed by atoms with Gasteiger partial charge in [-0.3, -0.25) is 0 Å². The SMILES string of the molecule is CCCCC(c1ccc(O)cc1)c1ccc(OC)c2ccccc12. The molecule has 24 heavy (non-hydrogen) atoms. The topological polar surface area (TPSA) is 29.5 Å². The van der Waals surface area contributed by atoms with Gasteiger partial charge in [0.25, 0.3) is 0 Å². The standard InChI is InChI=1S/C22H24O2/c1-3-4-7-18(16-10-12-17(23)13-11-16)20-14-15-22(24-2)21-9-6-5-8-19(20)21/h5-6,8-15,18,23H,3-4,7H2,1-2H3. The normalized spacial score (nSPS) is 12.2. The highest BCUT2D eigenvalue weighted by atomic mass is 16.5. The molecular weight excluding hydrogens is 296 g/mol. The van der Waals surface area contributed by atoms with Crippen molar-refractivity contribution in [2.24, 2.45) is 0 Å². The molecule has 3 rings (SSSR count). The molecule has 0 fully saturated rings. The molecule has 0 radical (unpaired) electrons. The van der Waals surface area contributed by atoms with Crippen LogP contribution in [0, 0.1) is 0 Å². The fraction of sp³-hybridized carbons (Fsp3) is 0.273. The van der Waals surface area contributed by atoms with Gasteiger partial charge < -0.3 is 9.84 Å². The van der Waals surface area contributed by atoms with Crippen molar-refractivity contribution >= 4 is 10.8 Å². The summed E-state index contributed by atoms with van der Waals surface area (Å²) >= 11 is 0. The van der Waals surface area contributed by atoms with Crippen LogP contribution in [0.2, 0.25) is 0 Å². The van der Waals surface area contributed by atoms with E-state index in [2.05, 4.69) is 43.3 Å². The van der Waals surface area contributed by atoms with Crippen molar-refractivity contribution in [1.82, 2.24) is 0 Å². The van der Waals surface area contributed by atoms with Crippen LogP contribution in [0.15, 0.2) is 60.7 Å². The maximum absolute atomic E-state index is 9.61. The molecule has 0 saturated heterocycles. The first-order chi connectivity index (χ1) is 11.7. The maximum Gasteiger partial charge on any atom is 0.126 e. The number of phenols is 1. The molecular formula is C22H24O2.